The van der Waals surface area contributed by atoms with Crippen molar-refractivity contribution in [3.05, 3.63) is 24.1 Å². The maximum atomic E-state index is 5.58. The second-order valence-corrected chi connectivity index (χ2v) is 4.14. The summed E-state index contributed by atoms with van der Waals surface area (Å²) in [5, 5.41) is 11.2. The lowest BCUT2D eigenvalue weighted by molar-refractivity contribution is 0.171. The first-order valence-electron chi connectivity index (χ1n) is 6.30. The van der Waals surface area contributed by atoms with Crippen LogP contribution in [0.15, 0.2) is 22.6 Å². The van der Waals surface area contributed by atoms with Crippen LogP contribution in [0.3, 0.4) is 0 Å². The highest BCUT2D eigenvalue weighted by Crippen LogP contribution is 2.33. The Balaban J connectivity index is 1.83. The van der Waals surface area contributed by atoms with Gasteiger partial charge in [-0.2, -0.15) is 0 Å². The summed E-state index contributed by atoms with van der Waals surface area (Å²) in [6, 6.07) is 5.61. The summed E-state index contributed by atoms with van der Waals surface area (Å²) >= 11 is 0. The molecule has 1 aromatic heterocycles. The second-order valence-electron chi connectivity index (χ2n) is 4.14. The fraction of sp³-hybridized carbons (Fsp3) is 0.385. The number of benzene rings is 1. The van der Waals surface area contributed by atoms with E-state index in [4.69, 9.17) is 13.9 Å². The van der Waals surface area contributed by atoms with E-state index in [9.17, 15) is 0 Å². The van der Waals surface area contributed by atoms with Crippen LogP contribution in [0.25, 0.3) is 11.5 Å². The molecule has 0 spiro atoms. The molecule has 19 heavy (non-hydrogen) atoms. The number of fused-ring (bicyclic) bond motifs is 1. The van der Waals surface area contributed by atoms with Crippen LogP contribution in [0.4, 0.5) is 0 Å². The Morgan fingerprint density at radius 3 is 2.84 bits per heavy atom. The predicted molar refractivity (Wildman–Crippen MR) is 68.1 cm³/mol. The van der Waals surface area contributed by atoms with Crippen LogP contribution in [0.5, 0.6) is 11.5 Å². The number of nitrogens with one attached hydrogen (secondary N) is 1. The third-order valence-corrected chi connectivity index (χ3v) is 2.78. The lowest BCUT2D eigenvalue weighted by Gasteiger charge is -2.18. The van der Waals surface area contributed by atoms with E-state index < -0.39 is 0 Å². The Hall–Kier alpha value is -2.08. The van der Waals surface area contributed by atoms with E-state index in [1.165, 1.54) is 0 Å². The normalized spacial score (nSPS) is 13.5. The van der Waals surface area contributed by atoms with Gasteiger partial charge in [-0.25, -0.2) is 0 Å². The average molecular weight is 261 g/mol. The van der Waals surface area contributed by atoms with Gasteiger partial charge in [0.25, 0.3) is 0 Å². The standard InChI is InChI=1S/C13H15N3O3/c1-2-14-8-12-15-16-13(19-12)9-3-4-10-11(7-9)18-6-5-17-10/h3-4,7,14H,2,5-6,8H2,1H3. The van der Waals surface area contributed by atoms with E-state index in [0.717, 1.165) is 23.6 Å². The number of hydrogen-bond acceptors (Lipinski definition) is 6. The average Bonchev–Trinajstić information content (AvgIpc) is 2.93. The molecule has 0 saturated carbocycles. The van der Waals surface area contributed by atoms with Crippen molar-refractivity contribution in [2.24, 2.45) is 0 Å². The van der Waals surface area contributed by atoms with E-state index in [0.29, 0.717) is 31.5 Å². The van der Waals surface area contributed by atoms with Crippen LogP contribution in [0.1, 0.15) is 12.8 Å². The van der Waals surface area contributed by atoms with Crippen molar-refractivity contribution in [1.29, 1.82) is 0 Å². The zero-order chi connectivity index (χ0) is 13.1. The third-order valence-electron chi connectivity index (χ3n) is 2.78. The van der Waals surface area contributed by atoms with Gasteiger partial charge in [0, 0.05) is 5.56 Å². The highest BCUT2D eigenvalue weighted by atomic mass is 16.6. The molecule has 1 aliphatic heterocycles. The molecule has 0 bridgehead atoms. The van der Waals surface area contributed by atoms with Crippen molar-refractivity contribution in [3.63, 3.8) is 0 Å². The van der Waals surface area contributed by atoms with Gasteiger partial charge in [0.15, 0.2) is 11.5 Å². The Labute approximate surface area is 110 Å². The van der Waals surface area contributed by atoms with Gasteiger partial charge in [0.05, 0.1) is 6.54 Å². The van der Waals surface area contributed by atoms with Crippen LogP contribution >= 0.6 is 0 Å². The summed E-state index contributed by atoms with van der Waals surface area (Å²) in [5.74, 6) is 2.54. The molecular weight excluding hydrogens is 246 g/mol. The maximum absolute atomic E-state index is 5.58. The minimum atomic E-state index is 0.491. The molecule has 1 aliphatic rings. The molecule has 0 unspecified atom stereocenters. The van der Waals surface area contributed by atoms with Gasteiger partial charge in [0.2, 0.25) is 11.8 Å². The highest BCUT2D eigenvalue weighted by molar-refractivity contribution is 5.59. The molecule has 3 rings (SSSR count). The minimum absolute atomic E-state index is 0.491. The van der Waals surface area contributed by atoms with Crippen molar-refractivity contribution >= 4 is 0 Å². The Morgan fingerprint density at radius 1 is 1.16 bits per heavy atom. The lowest BCUT2D eigenvalue weighted by atomic mass is 10.2. The molecule has 0 amide bonds. The van der Waals surface area contributed by atoms with Gasteiger partial charge < -0.3 is 19.2 Å². The molecule has 100 valence electrons. The molecule has 0 saturated heterocycles. The SMILES string of the molecule is CCNCc1nnc(-c2ccc3c(c2)OCCO3)o1. The van der Waals surface area contributed by atoms with E-state index >= 15 is 0 Å². The molecule has 2 aromatic rings. The number of aromatic nitrogens is 2. The monoisotopic (exact) mass is 261 g/mol. The van der Waals surface area contributed by atoms with Crippen molar-refractivity contribution in [2.45, 2.75) is 13.5 Å². The fourth-order valence-corrected chi connectivity index (χ4v) is 1.85. The van der Waals surface area contributed by atoms with E-state index in [1.807, 2.05) is 25.1 Å². The molecule has 6 heteroatoms. The molecule has 1 aromatic carbocycles. The van der Waals surface area contributed by atoms with Gasteiger partial charge in [0.1, 0.15) is 13.2 Å². The largest absolute Gasteiger partial charge is 0.486 e. The number of hydrogen-bond donors (Lipinski definition) is 1. The van der Waals surface area contributed by atoms with Crippen molar-refractivity contribution in [2.75, 3.05) is 19.8 Å². The number of rotatable bonds is 4. The first kappa shape index (κ1) is 12.0. The van der Waals surface area contributed by atoms with Crippen LogP contribution in [0.2, 0.25) is 0 Å². The maximum Gasteiger partial charge on any atom is 0.247 e. The van der Waals surface area contributed by atoms with Crippen LogP contribution in [-0.2, 0) is 6.54 Å². The molecule has 2 heterocycles. The molecule has 1 N–H and O–H groups in total. The van der Waals surface area contributed by atoms with Crippen molar-refractivity contribution < 1.29 is 13.9 Å². The molecule has 6 nitrogen and oxygen atoms in total. The lowest BCUT2D eigenvalue weighted by Crippen LogP contribution is -2.15. The molecule has 0 fully saturated rings. The van der Waals surface area contributed by atoms with Crippen molar-refractivity contribution in [3.8, 4) is 23.0 Å². The van der Waals surface area contributed by atoms with E-state index in [2.05, 4.69) is 15.5 Å². The zero-order valence-electron chi connectivity index (χ0n) is 10.7. The molecule has 0 radical (unpaired) electrons. The summed E-state index contributed by atoms with van der Waals surface area (Å²) in [7, 11) is 0. The van der Waals surface area contributed by atoms with Crippen LogP contribution < -0.4 is 14.8 Å². The quantitative estimate of drug-likeness (QED) is 0.901. The molecular formula is C13H15N3O3. The van der Waals surface area contributed by atoms with E-state index in [1.54, 1.807) is 0 Å². The first-order valence-corrected chi connectivity index (χ1v) is 6.30. The summed E-state index contributed by atoms with van der Waals surface area (Å²) in [6.07, 6.45) is 0. The van der Waals surface area contributed by atoms with Gasteiger partial charge in [-0.05, 0) is 24.7 Å². The van der Waals surface area contributed by atoms with Crippen LogP contribution in [0, 0.1) is 0 Å². The topological polar surface area (TPSA) is 69.4 Å². The fourth-order valence-electron chi connectivity index (χ4n) is 1.85. The minimum Gasteiger partial charge on any atom is -0.486 e. The Bertz CT molecular complexity index is 568. The summed E-state index contributed by atoms with van der Waals surface area (Å²) in [6.45, 7) is 4.61. The predicted octanol–water partition coefficient (Wildman–Crippen LogP) is 1.62. The second kappa shape index (κ2) is 5.27. The summed E-state index contributed by atoms with van der Waals surface area (Å²) in [4.78, 5) is 0. The Kier molecular flexibility index (Phi) is 3.33. The molecule has 0 aliphatic carbocycles. The highest BCUT2D eigenvalue weighted by Gasteiger charge is 2.15. The van der Waals surface area contributed by atoms with Gasteiger partial charge in [-0.3, -0.25) is 0 Å². The van der Waals surface area contributed by atoms with Gasteiger partial charge in [-0.15, -0.1) is 10.2 Å². The van der Waals surface area contributed by atoms with Crippen LogP contribution in [-0.4, -0.2) is 30.0 Å². The third kappa shape index (κ3) is 2.53. The summed E-state index contributed by atoms with van der Waals surface area (Å²) in [5.41, 5.74) is 0.833. The van der Waals surface area contributed by atoms with Crippen molar-refractivity contribution in [1.82, 2.24) is 15.5 Å². The number of nitrogens with zero attached hydrogens (tertiary/aromatic N) is 2. The first-order chi connectivity index (χ1) is 9.36. The van der Waals surface area contributed by atoms with Gasteiger partial charge in [-0.1, -0.05) is 6.92 Å². The smallest absolute Gasteiger partial charge is 0.247 e. The summed E-state index contributed by atoms with van der Waals surface area (Å²) < 4.78 is 16.6. The van der Waals surface area contributed by atoms with E-state index in [-0.39, 0.29) is 0 Å². The van der Waals surface area contributed by atoms with Gasteiger partial charge >= 0.3 is 0 Å². The zero-order valence-corrected chi connectivity index (χ0v) is 10.7. The molecule has 0 atom stereocenters. The Morgan fingerprint density at radius 2 is 2.00 bits per heavy atom. The number of ether oxygens (including phenoxy) is 2.